The number of nitrogens with zero attached hydrogens (tertiary/aromatic N) is 1. The third-order valence-electron chi connectivity index (χ3n) is 5.65. The smallest absolute Gasteiger partial charge is 0.413 e. The van der Waals surface area contributed by atoms with Crippen molar-refractivity contribution in [1.29, 1.82) is 0 Å². The zero-order chi connectivity index (χ0) is 32.4. The second-order valence-corrected chi connectivity index (χ2v) is 14.3. The van der Waals surface area contributed by atoms with E-state index >= 15 is 0 Å². The maximum Gasteiger partial charge on any atom is 0.413 e. The van der Waals surface area contributed by atoms with E-state index in [9.17, 15) is 19.5 Å². The molecule has 229 valence electrons. The topological polar surface area (TPSA) is 124 Å². The van der Waals surface area contributed by atoms with Gasteiger partial charge in [-0.25, -0.2) is 9.78 Å². The lowest BCUT2D eigenvalue weighted by atomic mass is 9.89. The Hall–Kier alpha value is -4.12. The molecule has 43 heavy (non-hydrogen) atoms. The van der Waals surface area contributed by atoms with E-state index < -0.39 is 38.6 Å². The van der Waals surface area contributed by atoms with Crippen LogP contribution in [0.15, 0.2) is 36.5 Å². The van der Waals surface area contributed by atoms with E-state index in [1.807, 2.05) is 0 Å². The summed E-state index contributed by atoms with van der Waals surface area (Å²) >= 11 is 0. The molecule has 1 amide bonds. The number of nitrogens with one attached hydrogen (secondary N) is 1. The fourth-order valence-corrected chi connectivity index (χ4v) is 4.36. The summed E-state index contributed by atoms with van der Waals surface area (Å²) in [5.41, 5.74) is 1.54. The summed E-state index contributed by atoms with van der Waals surface area (Å²) in [6.45, 7) is 17.0. The number of carboxylic acids is 1. The number of hydrogen-bond acceptors (Lipinski definition) is 7. The van der Waals surface area contributed by atoms with Gasteiger partial charge < -0.3 is 19.0 Å². The fourth-order valence-electron chi connectivity index (χ4n) is 3.48. The van der Waals surface area contributed by atoms with Crippen molar-refractivity contribution < 1.29 is 33.4 Å². The van der Waals surface area contributed by atoms with Crippen LogP contribution in [0.2, 0.25) is 13.1 Å². The molecule has 9 nitrogen and oxygen atoms in total. The zero-order valence-electron chi connectivity index (χ0n) is 26.4. The lowest BCUT2D eigenvalue weighted by molar-refractivity contribution is -0.141. The van der Waals surface area contributed by atoms with E-state index in [-0.39, 0.29) is 24.5 Å². The molecule has 0 bridgehead atoms. The van der Waals surface area contributed by atoms with Crippen LogP contribution in [0.5, 0.6) is 0 Å². The molecule has 1 aromatic carbocycles. The van der Waals surface area contributed by atoms with E-state index in [1.165, 1.54) is 6.20 Å². The Morgan fingerprint density at radius 1 is 1.02 bits per heavy atom. The highest BCUT2D eigenvalue weighted by Gasteiger charge is 2.25. The first kappa shape index (κ1) is 35.1. The van der Waals surface area contributed by atoms with Gasteiger partial charge in [0.25, 0.3) is 0 Å². The van der Waals surface area contributed by atoms with Gasteiger partial charge in [0.15, 0.2) is 6.61 Å². The number of amides is 1. The molecule has 10 heteroatoms. The normalized spacial score (nSPS) is 12.6. The van der Waals surface area contributed by atoms with Crippen molar-refractivity contribution in [3.05, 3.63) is 58.8 Å². The summed E-state index contributed by atoms with van der Waals surface area (Å²) in [6.07, 6.45) is 0.541. The average molecular weight is 606 g/mol. The summed E-state index contributed by atoms with van der Waals surface area (Å²) in [6, 6.07) is 8.46. The average Bonchev–Trinajstić information content (AvgIpc) is 2.87. The number of hydrogen-bond donors (Lipinski definition) is 2. The molecule has 0 spiro atoms. The first-order valence-corrected chi connectivity index (χ1v) is 16.3. The monoisotopic (exact) mass is 605 g/mol. The fraction of sp³-hybridized carbons (Fsp3) is 0.455. The van der Waals surface area contributed by atoms with Gasteiger partial charge in [-0.15, -0.1) is 0 Å². The summed E-state index contributed by atoms with van der Waals surface area (Å²) in [7, 11) is -0.980. The van der Waals surface area contributed by atoms with Gasteiger partial charge in [-0.3, -0.25) is 14.9 Å². The maximum atomic E-state index is 12.3. The van der Waals surface area contributed by atoms with Gasteiger partial charge in [-0.2, -0.15) is 0 Å². The minimum Gasteiger partial charge on any atom is -0.481 e. The predicted molar refractivity (Wildman–Crippen MR) is 167 cm³/mol. The maximum absolute atomic E-state index is 12.3. The molecule has 0 aliphatic rings. The van der Waals surface area contributed by atoms with E-state index in [0.717, 1.165) is 0 Å². The summed E-state index contributed by atoms with van der Waals surface area (Å²) in [4.78, 5) is 40.0. The first-order valence-electron chi connectivity index (χ1n) is 13.9. The Kier molecular flexibility index (Phi) is 12.5. The third kappa shape index (κ3) is 13.2. The molecule has 1 radical (unpaired) electrons. The van der Waals surface area contributed by atoms with E-state index in [4.69, 9.17) is 13.9 Å². The van der Waals surface area contributed by atoms with Crippen LogP contribution in [0.4, 0.5) is 10.6 Å². The molecule has 0 aliphatic carbocycles. The van der Waals surface area contributed by atoms with Crippen molar-refractivity contribution in [3.63, 3.8) is 0 Å². The third-order valence-corrected chi connectivity index (χ3v) is 6.36. The summed E-state index contributed by atoms with van der Waals surface area (Å²) in [5, 5.41) is 12.1. The Labute approximate surface area is 256 Å². The second-order valence-electron chi connectivity index (χ2n) is 12.3. The SMILES string of the molecule is CC(C(=O)O)c1cc(C#CCOC(=O)Cc2ccc(NC(=O)OC(C)(C)C)nc2)cc(C#CC(O[Si](C)C)C(C)(C)C)c1. The van der Waals surface area contributed by atoms with Crippen LogP contribution in [-0.2, 0) is 29.9 Å². The number of pyridine rings is 1. The van der Waals surface area contributed by atoms with Gasteiger partial charge in [0, 0.05) is 17.3 Å². The van der Waals surface area contributed by atoms with Crippen LogP contribution in [0.3, 0.4) is 0 Å². The Morgan fingerprint density at radius 2 is 1.67 bits per heavy atom. The molecule has 2 aromatic rings. The molecule has 1 heterocycles. The van der Waals surface area contributed by atoms with Crippen molar-refractivity contribution in [2.45, 2.75) is 85.6 Å². The standard InChI is InChI=1S/C33H41N2O7Si/c1-22(30(37)38)26-18-23(17-24(19-26)12-14-27(32(2,3)4)42-43(8)9)11-10-16-40-29(36)20-25-13-15-28(34-21-25)35-31(39)41-33(5,6)7/h13,15,17-19,21-22,27H,16,20H2,1-9H3,(H,37,38)(H,34,35,39). The number of aromatic nitrogens is 1. The number of carbonyl (C=O) groups excluding carboxylic acids is 2. The highest BCUT2D eigenvalue weighted by Crippen LogP contribution is 2.23. The molecular formula is C33H41N2O7Si. The van der Waals surface area contributed by atoms with E-state index in [2.05, 4.69) is 67.8 Å². The molecule has 1 aromatic heterocycles. The number of ether oxygens (including phenoxy) is 2. The predicted octanol–water partition coefficient (Wildman–Crippen LogP) is 5.79. The Bertz CT molecular complexity index is 1420. The quantitative estimate of drug-likeness (QED) is 0.220. The molecule has 0 fully saturated rings. The highest BCUT2D eigenvalue weighted by atomic mass is 28.3. The van der Waals surface area contributed by atoms with Crippen LogP contribution in [0.25, 0.3) is 0 Å². The molecule has 2 rings (SSSR count). The van der Waals surface area contributed by atoms with Crippen LogP contribution in [0.1, 0.15) is 76.6 Å². The van der Waals surface area contributed by atoms with Crippen LogP contribution >= 0.6 is 0 Å². The van der Waals surface area contributed by atoms with E-state index in [0.29, 0.717) is 28.1 Å². The van der Waals surface area contributed by atoms with Gasteiger partial charge in [0.1, 0.15) is 17.5 Å². The van der Waals surface area contributed by atoms with Crippen molar-refractivity contribution in [3.8, 4) is 23.7 Å². The Morgan fingerprint density at radius 3 is 2.21 bits per heavy atom. The number of aliphatic carboxylic acids is 1. The molecule has 2 unspecified atom stereocenters. The van der Waals surface area contributed by atoms with Gasteiger partial charge in [-0.05, 0) is 81.6 Å². The number of benzene rings is 1. The van der Waals surface area contributed by atoms with Crippen molar-refractivity contribution in [1.82, 2.24) is 4.98 Å². The van der Waals surface area contributed by atoms with Crippen molar-refractivity contribution in [2.24, 2.45) is 5.41 Å². The molecule has 0 aliphatic heterocycles. The van der Waals surface area contributed by atoms with Gasteiger partial charge in [-0.1, -0.05) is 50.5 Å². The minimum absolute atomic E-state index is 0.0256. The zero-order valence-corrected chi connectivity index (χ0v) is 27.4. The highest BCUT2D eigenvalue weighted by molar-refractivity contribution is 6.48. The molecule has 2 atom stereocenters. The molecule has 2 N–H and O–H groups in total. The van der Waals surface area contributed by atoms with Gasteiger partial charge >= 0.3 is 18.0 Å². The Balaban J connectivity index is 2.10. The van der Waals surface area contributed by atoms with E-state index in [1.54, 1.807) is 58.0 Å². The minimum atomic E-state index is -0.980. The molecule has 0 saturated carbocycles. The number of carbonyl (C=O) groups is 3. The van der Waals surface area contributed by atoms with Gasteiger partial charge in [0.2, 0.25) is 9.04 Å². The van der Waals surface area contributed by atoms with Crippen LogP contribution in [-0.4, -0.2) is 55.5 Å². The first-order chi connectivity index (χ1) is 19.9. The largest absolute Gasteiger partial charge is 0.481 e. The van der Waals surface area contributed by atoms with Gasteiger partial charge in [0.05, 0.1) is 12.3 Å². The molecular weight excluding hydrogens is 564 g/mol. The lowest BCUT2D eigenvalue weighted by Crippen LogP contribution is -2.31. The van der Waals surface area contributed by atoms with Crippen molar-refractivity contribution >= 4 is 32.9 Å². The van der Waals surface area contributed by atoms with Crippen LogP contribution in [0, 0.1) is 29.1 Å². The van der Waals surface area contributed by atoms with Crippen LogP contribution < -0.4 is 5.32 Å². The summed E-state index contributed by atoms with van der Waals surface area (Å²) < 4.78 is 16.5. The molecule has 0 saturated heterocycles. The van der Waals surface area contributed by atoms with Crippen molar-refractivity contribution in [2.75, 3.05) is 11.9 Å². The number of carboxylic acid groups (broad SMARTS) is 1. The number of rotatable bonds is 8. The number of anilines is 1. The number of esters is 1. The summed E-state index contributed by atoms with van der Waals surface area (Å²) in [5.74, 6) is 10.2. The lowest BCUT2D eigenvalue weighted by Gasteiger charge is -2.28. The second kappa shape index (κ2) is 15.4.